The Morgan fingerprint density at radius 3 is 1.21 bits per heavy atom. The number of benzene rings is 13. The molecule has 0 saturated carbocycles. The molecule has 0 radical (unpaired) electrons. The number of nitrogens with zero attached hydrogens (tertiary/aromatic N) is 2. The molecular formula is C73H46N2O2. The standard InChI is InChI=1S/C73H46N2O2/c1-5-19-48(20-6-1)73(49-21-7-2-8-22-49)71-56-39-34-52(74(50-23-9-3-10-24-50)54-35-40-60-58-28-15-17-31-66(58)76-68(60)45-54)43-47(56)33-38-64(71)70-62-30-14-13-27-57(62)65-44-53(37-42-63(65)72(70)73)75(51-25-11-4-12-26-51)55-36-41-61-59-29-16-18-32-67(59)77-69(61)46-55/h1-46H. The summed E-state index contributed by atoms with van der Waals surface area (Å²) in [5.74, 6) is 0. The number of anilines is 6. The number of hydrogen-bond acceptors (Lipinski definition) is 4. The van der Waals surface area contributed by atoms with Crippen molar-refractivity contribution in [2.45, 2.75) is 5.41 Å². The predicted octanol–water partition coefficient (Wildman–Crippen LogP) is 20.2. The van der Waals surface area contributed by atoms with Crippen LogP contribution in [0.25, 0.3) is 87.3 Å². The lowest BCUT2D eigenvalue weighted by Crippen LogP contribution is -2.29. The van der Waals surface area contributed by atoms with E-state index in [9.17, 15) is 0 Å². The molecule has 0 unspecified atom stereocenters. The van der Waals surface area contributed by atoms with E-state index in [2.05, 4.69) is 265 Å². The van der Waals surface area contributed by atoms with Crippen LogP contribution in [0.1, 0.15) is 22.3 Å². The van der Waals surface area contributed by atoms with Crippen LogP contribution in [0.15, 0.2) is 288 Å². The van der Waals surface area contributed by atoms with E-state index in [1.54, 1.807) is 0 Å². The summed E-state index contributed by atoms with van der Waals surface area (Å²) < 4.78 is 13.0. The fourth-order valence-electron chi connectivity index (χ4n) is 13.1. The van der Waals surface area contributed by atoms with Crippen LogP contribution in [0, 0.1) is 0 Å². The zero-order valence-electron chi connectivity index (χ0n) is 41.8. The van der Waals surface area contributed by atoms with E-state index in [-0.39, 0.29) is 0 Å². The maximum absolute atomic E-state index is 6.51. The number of rotatable bonds is 8. The van der Waals surface area contributed by atoms with Crippen molar-refractivity contribution >= 4 is 110 Å². The fourth-order valence-corrected chi connectivity index (χ4v) is 13.1. The molecule has 0 saturated heterocycles. The second-order valence-corrected chi connectivity index (χ2v) is 20.3. The molecule has 0 aliphatic heterocycles. The van der Waals surface area contributed by atoms with Crippen molar-refractivity contribution in [1.29, 1.82) is 0 Å². The van der Waals surface area contributed by atoms with Crippen LogP contribution in [0.5, 0.6) is 0 Å². The van der Waals surface area contributed by atoms with Gasteiger partial charge in [0.2, 0.25) is 0 Å². The minimum absolute atomic E-state index is 0.713. The van der Waals surface area contributed by atoms with Gasteiger partial charge in [-0.25, -0.2) is 0 Å². The van der Waals surface area contributed by atoms with Crippen molar-refractivity contribution in [1.82, 2.24) is 0 Å². The summed E-state index contributed by atoms with van der Waals surface area (Å²) in [5.41, 5.74) is 16.6. The summed E-state index contributed by atoms with van der Waals surface area (Å²) in [4.78, 5) is 4.71. The van der Waals surface area contributed by atoms with Crippen molar-refractivity contribution in [3.05, 3.63) is 301 Å². The minimum atomic E-state index is -0.713. The average Bonchev–Trinajstić information content (AvgIpc) is 4.22. The first kappa shape index (κ1) is 43.3. The highest BCUT2D eigenvalue weighted by Crippen LogP contribution is 2.62. The van der Waals surface area contributed by atoms with Gasteiger partial charge in [-0.3, -0.25) is 0 Å². The normalized spacial score (nSPS) is 12.8. The van der Waals surface area contributed by atoms with Crippen LogP contribution in [0.2, 0.25) is 0 Å². The van der Waals surface area contributed by atoms with E-state index in [4.69, 9.17) is 8.83 Å². The Hall–Kier alpha value is -10.2. The molecule has 77 heavy (non-hydrogen) atoms. The number of furan rings is 2. The maximum Gasteiger partial charge on any atom is 0.137 e. The van der Waals surface area contributed by atoms with Gasteiger partial charge in [0, 0.05) is 67.8 Å². The van der Waals surface area contributed by atoms with Gasteiger partial charge in [-0.15, -0.1) is 0 Å². The van der Waals surface area contributed by atoms with E-state index in [1.807, 2.05) is 24.3 Å². The molecule has 1 aliphatic carbocycles. The van der Waals surface area contributed by atoms with Gasteiger partial charge in [0.15, 0.2) is 0 Å². The van der Waals surface area contributed by atoms with E-state index in [0.717, 1.165) is 83.4 Å². The van der Waals surface area contributed by atoms with E-state index < -0.39 is 5.41 Å². The predicted molar refractivity (Wildman–Crippen MR) is 320 cm³/mol. The van der Waals surface area contributed by atoms with Gasteiger partial charge in [0.1, 0.15) is 22.3 Å². The van der Waals surface area contributed by atoms with Gasteiger partial charge < -0.3 is 18.6 Å². The van der Waals surface area contributed by atoms with Crippen molar-refractivity contribution in [3.8, 4) is 11.1 Å². The van der Waals surface area contributed by atoms with Gasteiger partial charge in [0.25, 0.3) is 0 Å². The second kappa shape index (κ2) is 16.9. The smallest absolute Gasteiger partial charge is 0.137 e. The zero-order valence-corrected chi connectivity index (χ0v) is 41.8. The number of fused-ring (bicyclic) bond motifs is 16. The molecule has 0 fully saturated rings. The SMILES string of the molecule is c1ccc(N(c2ccc3c4c(ccc3c2)-c2c(c3ccc(N(c5ccccc5)c5ccc6c(c5)oc5ccccc56)cc3c3ccccc23)C4(c2ccccc2)c2ccccc2)c2ccc3c(c2)oc2ccccc23)cc1. The number of para-hydroxylation sites is 4. The van der Waals surface area contributed by atoms with E-state index in [0.29, 0.717) is 0 Å². The number of hydrogen-bond donors (Lipinski definition) is 0. The molecular weight excluding hydrogens is 937 g/mol. The van der Waals surface area contributed by atoms with Crippen LogP contribution in [-0.4, -0.2) is 0 Å². The summed E-state index contributed by atoms with van der Waals surface area (Å²) in [6.07, 6.45) is 0. The molecule has 4 heteroatoms. The highest BCUT2D eigenvalue weighted by atomic mass is 16.3. The monoisotopic (exact) mass is 982 g/mol. The molecule has 16 rings (SSSR count). The Labute approximate surface area is 444 Å². The summed E-state index contributed by atoms with van der Waals surface area (Å²) in [6.45, 7) is 0. The van der Waals surface area contributed by atoms with E-state index >= 15 is 0 Å². The Morgan fingerprint density at radius 2 is 0.662 bits per heavy atom. The molecule has 360 valence electrons. The summed E-state index contributed by atoms with van der Waals surface area (Å²) >= 11 is 0. The van der Waals surface area contributed by atoms with Gasteiger partial charge >= 0.3 is 0 Å². The largest absolute Gasteiger partial charge is 0.456 e. The lowest BCUT2D eigenvalue weighted by atomic mass is 9.65. The third-order valence-corrected chi connectivity index (χ3v) is 16.2. The average molecular weight is 983 g/mol. The van der Waals surface area contributed by atoms with Crippen LogP contribution >= 0.6 is 0 Å². The Balaban J connectivity index is 0.947. The summed E-state index contributed by atoms with van der Waals surface area (Å²) in [5, 5.41) is 11.7. The van der Waals surface area contributed by atoms with Crippen LogP contribution in [-0.2, 0) is 5.41 Å². The molecule has 4 nitrogen and oxygen atoms in total. The highest BCUT2D eigenvalue weighted by Gasteiger charge is 2.49. The maximum atomic E-state index is 6.51. The first-order chi connectivity index (χ1) is 38.2. The molecule has 15 aromatic rings. The molecule has 0 N–H and O–H groups in total. The summed E-state index contributed by atoms with van der Waals surface area (Å²) in [6, 6.07) is 102. The molecule has 2 heterocycles. The van der Waals surface area contributed by atoms with Crippen LogP contribution in [0.4, 0.5) is 34.1 Å². The third-order valence-electron chi connectivity index (χ3n) is 16.2. The zero-order chi connectivity index (χ0) is 50.6. The van der Waals surface area contributed by atoms with Crippen molar-refractivity contribution in [2.75, 3.05) is 9.80 Å². The van der Waals surface area contributed by atoms with E-state index in [1.165, 1.54) is 60.3 Å². The van der Waals surface area contributed by atoms with Gasteiger partial charge in [-0.2, -0.15) is 0 Å². The molecule has 2 aromatic heterocycles. The lowest BCUT2D eigenvalue weighted by molar-refractivity contribution is 0.668. The van der Waals surface area contributed by atoms with Crippen LogP contribution < -0.4 is 9.80 Å². The van der Waals surface area contributed by atoms with Crippen molar-refractivity contribution in [3.63, 3.8) is 0 Å². The molecule has 0 spiro atoms. The van der Waals surface area contributed by atoms with Crippen molar-refractivity contribution in [2.24, 2.45) is 0 Å². The molecule has 1 aliphatic rings. The lowest BCUT2D eigenvalue weighted by Gasteiger charge is -2.36. The highest BCUT2D eigenvalue weighted by molar-refractivity contribution is 6.21. The Kier molecular flexibility index (Phi) is 9.52. The van der Waals surface area contributed by atoms with Crippen molar-refractivity contribution < 1.29 is 8.83 Å². The molecule has 0 amide bonds. The molecule has 13 aromatic carbocycles. The van der Waals surface area contributed by atoms with Gasteiger partial charge in [0.05, 0.1) is 5.41 Å². The van der Waals surface area contributed by atoms with Gasteiger partial charge in [-0.05, 0) is 151 Å². The van der Waals surface area contributed by atoms with Gasteiger partial charge in [-0.1, -0.05) is 182 Å². The third kappa shape index (κ3) is 6.46. The Morgan fingerprint density at radius 1 is 0.247 bits per heavy atom. The Bertz CT molecular complexity index is 4770. The quantitative estimate of drug-likeness (QED) is 0.142. The minimum Gasteiger partial charge on any atom is -0.456 e. The first-order valence-electron chi connectivity index (χ1n) is 26.4. The second-order valence-electron chi connectivity index (χ2n) is 20.3. The van der Waals surface area contributed by atoms with Crippen LogP contribution in [0.3, 0.4) is 0 Å². The molecule has 0 atom stereocenters. The fraction of sp³-hybridized carbons (Fsp3) is 0.0137. The summed E-state index contributed by atoms with van der Waals surface area (Å²) in [7, 11) is 0. The topological polar surface area (TPSA) is 32.8 Å². The molecule has 0 bridgehead atoms. The first-order valence-corrected chi connectivity index (χ1v) is 26.4.